The number of fused-ring (bicyclic) bond motifs is 1. The summed E-state index contributed by atoms with van der Waals surface area (Å²) < 4.78 is 0. The smallest absolute Gasteiger partial charge is 0.228 e. The number of carbonyl (C=O) groups excluding carboxylic acids is 1. The maximum Gasteiger partial charge on any atom is 0.228 e. The van der Waals surface area contributed by atoms with E-state index in [0.29, 0.717) is 13.0 Å². The molecule has 7 heteroatoms. The predicted octanol–water partition coefficient (Wildman–Crippen LogP) is 3.80. The van der Waals surface area contributed by atoms with Crippen LogP contribution < -0.4 is 4.90 Å². The number of aryl methyl sites for hydroxylation is 2. The van der Waals surface area contributed by atoms with Gasteiger partial charge >= 0.3 is 0 Å². The molecule has 0 radical (unpaired) electrons. The van der Waals surface area contributed by atoms with Gasteiger partial charge in [0.2, 0.25) is 5.91 Å². The Bertz CT molecular complexity index is 1080. The molecule has 1 saturated heterocycles. The van der Waals surface area contributed by atoms with Crippen LogP contribution in [0.4, 0.5) is 5.82 Å². The van der Waals surface area contributed by atoms with Crippen LogP contribution >= 0.6 is 0 Å². The SMILES string of the molecule is Cc1nc([C@H]2CCCN(Cc3ncc[nH]3)C2)nc2c1CCC(=O)N2CCCc1ccccc1. The van der Waals surface area contributed by atoms with Crippen molar-refractivity contribution in [2.75, 3.05) is 24.5 Å². The number of nitrogens with one attached hydrogen (secondary N) is 1. The van der Waals surface area contributed by atoms with E-state index in [0.717, 1.165) is 80.5 Å². The topological polar surface area (TPSA) is 78.0 Å². The van der Waals surface area contributed by atoms with E-state index >= 15 is 0 Å². The fourth-order valence-corrected chi connectivity index (χ4v) is 5.11. The molecule has 1 aromatic carbocycles. The van der Waals surface area contributed by atoms with Crippen LogP contribution in [0.1, 0.15) is 60.1 Å². The molecule has 0 spiro atoms. The van der Waals surface area contributed by atoms with Crippen LogP contribution in [-0.4, -0.2) is 50.4 Å². The van der Waals surface area contributed by atoms with Gasteiger partial charge in [-0.3, -0.25) is 14.6 Å². The van der Waals surface area contributed by atoms with Gasteiger partial charge in [0.1, 0.15) is 17.5 Å². The quantitative estimate of drug-likeness (QED) is 0.600. The maximum atomic E-state index is 12.9. The molecule has 0 aliphatic carbocycles. The van der Waals surface area contributed by atoms with Gasteiger partial charge < -0.3 is 4.98 Å². The highest BCUT2D eigenvalue weighted by atomic mass is 16.2. The number of likely N-dealkylation sites (tertiary alicyclic amines) is 1. The minimum absolute atomic E-state index is 0.183. The number of imidazole rings is 1. The molecule has 1 N–H and O–H groups in total. The standard InChI is InChI=1S/C26H32N6O/c1-19-22-11-12-24(33)32(16-5-9-20-7-3-2-4-8-20)26(22)30-25(29-19)21-10-6-15-31(17-21)18-23-27-13-14-28-23/h2-4,7-8,13-14,21H,5-6,9-12,15-18H2,1H3,(H,27,28)/t21-/m0/s1. The monoisotopic (exact) mass is 444 g/mol. The molecule has 1 amide bonds. The first kappa shape index (κ1) is 21.8. The summed E-state index contributed by atoms with van der Waals surface area (Å²) in [5.74, 6) is 3.19. The molecule has 2 aliphatic heterocycles. The Morgan fingerprint density at radius 1 is 1.15 bits per heavy atom. The molecular formula is C26H32N6O. The van der Waals surface area contributed by atoms with Crippen molar-refractivity contribution in [2.45, 2.75) is 57.9 Å². The zero-order chi connectivity index (χ0) is 22.6. The lowest BCUT2D eigenvalue weighted by atomic mass is 9.96. The molecular weight excluding hydrogens is 412 g/mol. The van der Waals surface area contributed by atoms with Crippen molar-refractivity contribution in [3.05, 3.63) is 71.2 Å². The third-order valence-corrected chi connectivity index (χ3v) is 6.84. The Balaban J connectivity index is 1.33. The molecule has 7 nitrogen and oxygen atoms in total. The van der Waals surface area contributed by atoms with E-state index < -0.39 is 0 Å². The largest absolute Gasteiger partial charge is 0.348 e. The van der Waals surface area contributed by atoms with E-state index in [1.165, 1.54) is 5.56 Å². The summed E-state index contributed by atoms with van der Waals surface area (Å²) in [7, 11) is 0. The number of aromatic amines is 1. The van der Waals surface area contributed by atoms with Crippen LogP contribution in [0.25, 0.3) is 0 Å². The van der Waals surface area contributed by atoms with Gasteiger partial charge in [-0.1, -0.05) is 30.3 Å². The number of aromatic nitrogens is 4. The van der Waals surface area contributed by atoms with Gasteiger partial charge in [-0.15, -0.1) is 0 Å². The average molecular weight is 445 g/mol. The minimum Gasteiger partial charge on any atom is -0.348 e. The first-order valence-electron chi connectivity index (χ1n) is 12.1. The second-order valence-corrected chi connectivity index (χ2v) is 9.21. The van der Waals surface area contributed by atoms with Gasteiger partial charge in [-0.05, 0) is 51.1 Å². The van der Waals surface area contributed by atoms with Gasteiger partial charge in [-0.2, -0.15) is 0 Å². The Kier molecular flexibility index (Phi) is 6.48. The van der Waals surface area contributed by atoms with Gasteiger partial charge in [0.05, 0.1) is 6.54 Å². The van der Waals surface area contributed by atoms with E-state index in [9.17, 15) is 4.79 Å². The molecule has 1 atom stereocenters. The van der Waals surface area contributed by atoms with Crippen molar-refractivity contribution < 1.29 is 4.79 Å². The van der Waals surface area contributed by atoms with Gasteiger partial charge in [0, 0.05) is 49.1 Å². The number of rotatable bonds is 7. The summed E-state index contributed by atoms with van der Waals surface area (Å²) in [6.07, 6.45) is 9.04. The van der Waals surface area contributed by atoms with E-state index in [1.54, 1.807) is 6.20 Å². The lowest BCUT2D eigenvalue weighted by molar-refractivity contribution is -0.119. The van der Waals surface area contributed by atoms with Crippen molar-refractivity contribution in [1.29, 1.82) is 0 Å². The Hall–Kier alpha value is -3.06. The first-order chi connectivity index (χ1) is 16.2. The highest BCUT2D eigenvalue weighted by molar-refractivity contribution is 5.95. The fraction of sp³-hybridized carbons (Fsp3) is 0.462. The lowest BCUT2D eigenvalue weighted by Gasteiger charge is -2.33. The molecule has 2 aromatic heterocycles. The second kappa shape index (κ2) is 9.83. The third kappa shape index (κ3) is 4.98. The van der Waals surface area contributed by atoms with Gasteiger partial charge in [0.25, 0.3) is 0 Å². The summed E-state index contributed by atoms with van der Waals surface area (Å²) in [4.78, 5) is 34.8. The van der Waals surface area contributed by atoms with Crippen molar-refractivity contribution >= 4 is 11.7 Å². The number of hydrogen-bond acceptors (Lipinski definition) is 5. The molecule has 172 valence electrons. The number of H-pyrrole nitrogens is 1. The van der Waals surface area contributed by atoms with E-state index in [4.69, 9.17) is 9.97 Å². The summed E-state index contributed by atoms with van der Waals surface area (Å²) in [5, 5.41) is 0. The van der Waals surface area contributed by atoms with Crippen molar-refractivity contribution in [2.24, 2.45) is 0 Å². The van der Waals surface area contributed by atoms with Gasteiger partial charge in [0.15, 0.2) is 0 Å². The molecule has 1 fully saturated rings. The minimum atomic E-state index is 0.183. The molecule has 5 rings (SSSR count). The lowest BCUT2D eigenvalue weighted by Crippen LogP contribution is -2.39. The highest BCUT2D eigenvalue weighted by Crippen LogP contribution is 2.32. The number of benzene rings is 1. The third-order valence-electron chi connectivity index (χ3n) is 6.84. The number of nitrogens with zero attached hydrogens (tertiary/aromatic N) is 5. The van der Waals surface area contributed by atoms with Crippen LogP contribution in [0, 0.1) is 6.92 Å². The van der Waals surface area contributed by atoms with Gasteiger partial charge in [-0.25, -0.2) is 15.0 Å². The summed E-state index contributed by atoms with van der Waals surface area (Å²) in [6, 6.07) is 10.5. The number of carbonyl (C=O) groups is 1. The molecule has 3 aromatic rings. The number of hydrogen-bond donors (Lipinski definition) is 1. The van der Waals surface area contributed by atoms with E-state index in [1.807, 2.05) is 17.2 Å². The second-order valence-electron chi connectivity index (χ2n) is 9.21. The summed E-state index contributed by atoms with van der Waals surface area (Å²) in [5.41, 5.74) is 3.47. The summed E-state index contributed by atoms with van der Waals surface area (Å²) >= 11 is 0. The van der Waals surface area contributed by atoms with E-state index in [-0.39, 0.29) is 11.8 Å². The zero-order valence-corrected chi connectivity index (χ0v) is 19.3. The van der Waals surface area contributed by atoms with Crippen molar-refractivity contribution in [3.8, 4) is 0 Å². The average Bonchev–Trinajstić information content (AvgIpc) is 3.34. The molecule has 0 unspecified atom stereocenters. The van der Waals surface area contributed by atoms with Crippen LogP contribution in [0.3, 0.4) is 0 Å². The normalized spacial score (nSPS) is 19.0. The molecule has 0 saturated carbocycles. The van der Waals surface area contributed by atoms with Crippen molar-refractivity contribution in [3.63, 3.8) is 0 Å². The van der Waals surface area contributed by atoms with Crippen LogP contribution in [0.15, 0.2) is 42.7 Å². The Morgan fingerprint density at radius 3 is 2.85 bits per heavy atom. The van der Waals surface area contributed by atoms with Crippen LogP contribution in [0.5, 0.6) is 0 Å². The Morgan fingerprint density at radius 2 is 2.03 bits per heavy atom. The summed E-state index contributed by atoms with van der Waals surface area (Å²) in [6.45, 7) is 5.57. The highest BCUT2D eigenvalue weighted by Gasteiger charge is 2.30. The predicted molar refractivity (Wildman–Crippen MR) is 128 cm³/mol. The zero-order valence-electron chi connectivity index (χ0n) is 19.3. The number of anilines is 1. The number of amides is 1. The Labute approximate surface area is 195 Å². The fourth-order valence-electron chi connectivity index (χ4n) is 5.11. The number of piperidine rings is 1. The van der Waals surface area contributed by atoms with Crippen LogP contribution in [0.2, 0.25) is 0 Å². The maximum absolute atomic E-state index is 12.9. The van der Waals surface area contributed by atoms with E-state index in [2.05, 4.69) is 46.1 Å². The van der Waals surface area contributed by atoms with Crippen LogP contribution in [-0.2, 0) is 24.2 Å². The molecule has 2 aliphatic rings. The first-order valence-corrected chi connectivity index (χ1v) is 12.1. The molecule has 0 bridgehead atoms. The molecule has 33 heavy (non-hydrogen) atoms. The molecule has 4 heterocycles. The van der Waals surface area contributed by atoms with Crippen molar-refractivity contribution in [1.82, 2.24) is 24.8 Å².